The maximum atomic E-state index is 13.8. The van der Waals surface area contributed by atoms with Crippen molar-refractivity contribution in [2.75, 3.05) is 13.6 Å². The van der Waals surface area contributed by atoms with E-state index in [0.717, 1.165) is 12.8 Å². The van der Waals surface area contributed by atoms with Gasteiger partial charge in [0.25, 0.3) is 5.91 Å². The van der Waals surface area contributed by atoms with Gasteiger partial charge in [-0.1, -0.05) is 17.7 Å². The Morgan fingerprint density at radius 2 is 2.04 bits per heavy atom. The number of aryl methyl sites for hydroxylation is 1. The first-order valence-corrected chi connectivity index (χ1v) is 7.85. The van der Waals surface area contributed by atoms with E-state index in [-0.39, 0.29) is 29.1 Å². The molecular formula is C16H20ClFN2O3. The van der Waals surface area contributed by atoms with Gasteiger partial charge in [0.05, 0.1) is 17.0 Å². The van der Waals surface area contributed by atoms with Crippen molar-refractivity contribution in [2.45, 2.75) is 38.3 Å². The molecular weight excluding hydrogens is 323 g/mol. The van der Waals surface area contributed by atoms with Crippen LogP contribution in [-0.4, -0.2) is 47.6 Å². The van der Waals surface area contributed by atoms with Crippen LogP contribution in [0.1, 0.15) is 35.2 Å². The van der Waals surface area contributed by atoms with Crippen LogP contribution in [0.25, 0.3) is 0 Å². The van der Waals surface area contributed by atoms with E-state index in [1.807, 2.05) is 11.9 Å². The van der Waals surface area contributed by atoms with Crippen molar-refractivity contribution in [3.05, 3.63) is 34.1 Å². The van der Waals surface area contributed by atoms with Gasteiger partial charge in [0, 0.05) is 18.6 Å². The Morgan fingerprint density at radius 3 is 2.70 bits per heavy atom. The van der Waals surface area contributed by atoms with Crippen LogP contribution in [-0.2, 0) is 4.79 Å². The van der Waals surface area contributed by atoms with E-state index < -0.39 is 17.7 Å². The van der Waals surface area contributed by atoms with E-state index in [1.165, 1.54) is 12.1 Å². The molecule has 2 atom stereocenters. The van der Waals surface area contributed by atoms with Crippen LogP contribution in [0.5, 0.6) is 0 Å². The molecule has 1 amide bonds. The number of aliphatic carboxylic acids is 1. The Hall–Kier alpha value is -1.66. The molecule has 0 unspecified atom stereocenters. The fraction of sp³-hybridized carbons (Fsp3) is 0.500. The molecule has 5 nitrogen and oxygen atoms in total. The Kier molecular flexibility index (Phi) is 5.59. The zero-order valence-electron chi connectivity index (χ0n) is 13.1. The molecule has 1 aliphatic heterocycles. The topological polar surface area (TPSA) is 69.6 Å². The summed E-state index contributed by atoms with van der Waals surface area (Å²) >= 11 is 6.02. The first-order chi connectivity index (χ1) is 10.8. The standard InChI is InChI=1S/C16H20ClFN2O3/c1-9-3-6-12(18)14(15(9)17)16(23)19-8-11-5-4-10(20(11)2)7-13(21)22/h3,6,10-11H,4-5,7-8H2,1-2H3,(H,19,23)(H,21,22)/t10-,11+/m1/s1. The molecule has 23 heavy (non-hydrogen) atoms. The average molecular weight is 343 g/mol. The fourth-order valence-electron chi connectivity index (χ4n) is 2.95. The number of carbonyl (C=O) groups is 2. The highest BCUT2D eigenvalue weighted by Gasteiger charge is 2.32. The SMILES string of the molecule is Cc1ccc(F)c(C(=O)NC[C@@H]2CC[C@H](CC(=O)O)N2C)c1Cl. The molecule has 1 saturated heterocycles. The van der Waals surface area contributed by atoms with Gasteiger partial charge in [0.2, 0.25) is 0 Å². The Bertz CT molecular complexity index is 624. The summed E-state index contributed by atoms with van der Waals surface area (Å²) in [5.41, 5.74) is 0.493. The smallest absolute Gasteiger partial charge is 0.304 e. The zero-order valence-corrected chi connectivity index (χ0v) is 13.9. The quantitative estimate of drug-likeness (QED) is 0.862. The van der Waals surface area contributed by atoms with E-state index in [4.69, 9.17) is 16.7 Å². The summed E-state index contributed by atoms with van der Waals surface area (Å²) in [5, 5.41) is 11.7. The lowest BCUT2D eigenvalue weighted by Gasteiger charge is -2.25. The third kappa shape index (κ3) is 4.00. The Balaban J connectivity index is 1.98. The molecule has 0 saturated carbocycles. The highest BCUT2D eigenvalue weighted by Crippen LogP contribution is 2.25. The second-order valence-electron chi connectivity index (χ2n) is 5.91. The summed E-state index contributed by atoms with van der Waals surface area (Å²) in [6.07, 6.45) is 1.64. The molecule has 1 aliphatic rings. The second kappa shape index (κ2) is 7.27. The van der Waals surface area contributed by atoms with Crippen LogP contribution in [0.2, 0.25) is 5.02 Å². The van der Waals surface area contributed by atoms with Gasteiger partial charge in [-0.2, -0.15) is 0 Å². The van der Waals surface area contributed by atoms with Crippen molar-refractivity contribution in [3.63, 3.8) is 0 Å². The summed E-state index contributed by atoms with van der Waals surface area (Å²) in [6.45, 7) is 2.04. The molecule has 0 radical (unpaired) electrons. The Morgan fingerprint density at radius 1 is 1.39 bits per heavy atom. The predicted octanol–water partition coefficient (Wildman–Crippen LogP) is 2.45. The van der Waals surface area contributed by atoms with Crippen LogP contribution in [0.4, 0.5) is 4.39 Å². The van der Waals surface area contributed by atoms with E-state index in [1.54, 1.807) is 6.92 Å². The summed E-state index contributed by atoms with van der Waals surface area (Å²) in [5.74, 6) is -2.03. The molecule has 1 heterocycles. The number of nitrogens with one attached hydrogen (secondary N) is 1. The minimum absolute atomic E-state index is 0.0336. The van der Waals surface area contributed by atoms with Crippen LogP contribution < -0.4 is 5.32 Å². The molecule has 0 bridgehead atoms. The van der Waals surface area contributed by atoms with E-state index >= 15 is 0 Å². The number of likely N-dealkylation sites (N-methyl/N-ethyl adjacent to an activating group) is 1. The number of benzene rings is 1. The van der Waals surface area contributed by atoms with Crippen LogP contribution >= 0.6 is 11.6 Å². The lowest BCUT2D eigenvalue weighted by Crippen LogP contribution is -2.41. The van der Waals surface area contributed by atoms with Gasteiger partial charge >= 0.3 is 5.97 Å². The molecule has 2 N–H and O–H groups in total. The largest absolute Gasteiger partial charge is 0.481 e. The van der Waals surface area contributed by atoms with Gasteiger partial charge in [0.15, 0.2) is 0 Å². The fourth-order valence-corrected chi connectivity index (χ4v) is 3.19. The second-order valence-corrected chi connectivity index (χ2v) is 6.29. The van der Waals surface area contributed by atoms with E-state index in [2.05, 4.69) is 5.32 Å². The van der Waals surface area contributed by atoms with E-state index in [0.29, 0.717) is 12.1 Å². The third-order valence-electron chi connectivity index (χ3n) is 4.40. The van der Waals surface area contributed by atoms with Crippen molar-refractivity contribution >= 4 is 23.5 Å². The Labute approximate surface area is 139 Å². The van der Waals surface area contributed by atoms with E-state index in [9.17, 15) is 14.0 Å². The number of carboxylic acid groups (broad SMARTS) is 1. The third-order valence-corrected chi connectivity index (χ3v) is 4.89. The number of nitrogens with zero attached hydrogens (tertiary/aromatic N) is 1. The number of carboxylic acids is 1. The van der Waals surface area contributed by atoms with Gasteiger partial charge in [-0.15, -0.1) is 0 Å². The maximum absolute atomic E-state index is 13.8. The number of carbonyl (C=O) groups excluding carboxylic acids is 1. The number of rotatable bonds is 5. The molecule has 1 aromatic rings. The van der Waals surface area contributed by atoms with Crippen LogP contribution in [0, 0.1) is 12.7 Å². The number of hydrogen-bond acceptors (Lipinski definition) is 3. The van der Waals surface area contributed by atoms with Crippen molar-refractivity contribution in [3.8, 4) is 0 Å². The van der Waals surface area contributed by atoms with Gasteiger partial charge < -0.3 is 10.4 Å². The lowest BCUT2D eigenvalue weighted by molar-refractivity contribution is -0.138. The van der Waals surface area contributed by atoms with Crippen molar-refractivity contribution in [1.82, 2.24) is 10.2 Å². The predicted molar refractivity (Wildman–Crippen MR) is 85.3 cm³/mol. The van der Waals surface area contributed by atoms with Crippen molar-refractivity contribution < 1.29 is 19.1 Å². The summed E-state index contributed by atoms with van der Waals surface area (Å²) in [4.78, 5) is 25.0. The van der Waals surface area contributed by atoms with Crippen molar-refractivity contribution in [1.29, 1.82) is 0 Å². The molecule has 0 aromatic heterocycles. The summed E-state index contributed by atoms with van der Waals surface area (Å²) < 4.78 is 13.8. The number of hydrogen-bond donors (Lipinski definition) is 2. The molecule has 7 heteroatoms. The number of likely N-dealkylation sites (tertiary alicyclic amines) is 1. The molecule has 1 fully saturated rings. The molecule has 0 spiro atoms. The van der Waals surface area contributed by atoms with Crippen molar-refractivity contribution in [2.24, 2.45) is 0 Å². The minimum Gasteiger partial charge on any atom is -0.481 e. The van der Waals surface area contributed by atoms with Gasteiger partial charge in [-0.3, -0.25) is 14.5 Å². The monoisotopic (exact) mass is 342 g/mol. The lowest BCUT2D eigenvalue weighted by atomic mass is 10.1. The number of halogens is 2. The van der Waals surface area contributed by atoms with Gasteiger partial charge in [-0.25, -0.2) is 4.39 Å². The first kappa shape index (κ1) is 17.7. The molecule has 0 aliphatic carbocycles. The minimum atomic E-state index is -0.833. The molecule has 126 valence electrons. The highest BCUT2D eigenvalue weighted by atomic mass is 35.5. The highest BCUT2D eigenvalue weighted by molar-refractivity contribution is 6.34. The molecule has 2 rings (SSSR count). The summed E-state index contributed by atoms with van der Waals surface area (Å²) in [6, 6.07) is 2.75. The van der Waals surface area contributed by atoms with Gasteiger partial charge in [-0.05, 0) is 38.4 Å². The normalized spacial score (nSPS) is 21.4. The van der Waals surface area contributed by atoms with Crippen LogP contribution in [0.3, 0.4) is 0 Å². The average Bonchev–Trinajstić information content (AvgIpc) is 2.81. The zero-order chi connectivity index (χ0) is 17.1. The first-order valence-electron chi connectivity index (χ1n) is 7.47. The summed E-state index contributed by atoms with van der Waals surface area (Å²) in [7, 11) is 1.84. The maximum Gasteiger partial charge on any atom is 0.304 e. The van der Waals surface area contributed by atoms with Crippen LogP contribution in [0.15, 0.2) is 12.1 Å². The number of amides is 1. The van der Waals surface area contributed by atoms with Gasteiger partial charge in [0.1, 0.15) is 5.82 Å². The molecule has 1 aromatic carbocycles.